The molecule has 3 rings (SSSR count). The maximum absolute atomic E-state index is 12.8. The van der Waals surface area contributed by atoms with Crippen molar-refractivity contribution in [2.45, 2.75) is 23.5 Å². The van der Waals surface area contributed by atoms with Gasteiger partial charge in [0.25, 0.3) is 5.91 Å². The summed E-state index contributed by atoms with van der Waals surface area (Å²) in [6.07, 6.45) is 0.638. The monoisotopic (exact) mass is 484 g/mol. The summed E-state index contributed by atoms with van der Waals surface area (Å²) in [7, 11) is 3.06. The summed E-state index contributed by atoms with van der Waals surface area (Å²) in [5.74, 6) is 0.647. The first kappa shape index (κ1) is 24.5. The summed E-state index contributed by atoms with van der Waals surface area (Å²) in [4.78, 5) is 26.3. The van der Waals surface area contributed by atoms with Gasteiger partial charge in [0.05, 0.1) is 19.5 Å². The van der Waals surface area contributed by atoms with Gasteiger partial charge in [-0.15, -0.1) is 11.8 Å². The molecule has 0 saturated carbocycles. The van der Waals surface area contributed by atoms with E-state index >= 15 is 0 Å². The number of hydrogen-bond acceptors (Lipinski definition) is 5. The number of thioether (sulfide) groups is 1. The number of hydrogen-bond donors (Lipinski definition) is 2. The lowest BCUT2D eigenvalue weighted by Gasteiger charge is -2.16. The van der Waals surface area contributed by atoms with Crippen molar-refractivity contribution in [1.29, 1.82) is 0 Å². The number of benzene rings is 3. The summed E-state index contributed by atoms with van der Waals surface area (Å²) in [5, 5.41) is 6.05. The van der Waals surface area contributed by atoms with Crippen LogP contribution in [0.2, 0.25) is 5.02 Å². The number of carbonyl (C=O) groups is 2. The molecule has 1 atom stereocenters. The van der Waals surface area contributed by atoms with E-state index in [0.29, 0.717) is 39.9 Å². The molecule has 172 valence electrons. The standard InChI is InChI=1S/C25H25ClN2O4S/c1-4-23(25(30)28-18-8-5-7-17(26)14-18)33-20-10-6-9-19(15-20)27-24(29)16-11-12-21(31-2)22(13-16)32-3/h5-15,23H,4H2,1-3H3,(H,27,29)(H,28,30). The predicted octanol–water partition coefficient (Wildman–Crippen LogP) is 6.12. The molecule has 2 N–H and O–H groups in total. The molecule has 0 spiro atoms. The Morgan fingerprint density at radius 1 is 0.909 bits per heavy atom. The highest BCUT2D eigenvalue weighted by atomic mass is 35.5. The van der Waals surface area contributed by atoms with Gasteiger partial charge in [-0.25, -0.2) is 0 Å². The summed E-state index contributed by atoms with van der Waals surface area (Å²) in [6, 6.07) is 19.4. The van der Waals surface area contributed by atoms with Crippen LogP contribution in [-0.4, -0.2) is 31.3 Å². The Hall–Kier alpha value is -3.16. The Labute approximate surface area is 202 Å². The first-order valence-corrected chi connectivity index (χ1v) is 11.6. The SMILES string of the molecule is CCC(Sc1cccc(NC(=O)c2ccc(OC)c(OC)c2)c1)C(=O)Nc1cccc(Cl)c1. The maximum Gasteiger partial charge on any atom is 0.255 e. The Bertz CT molecular complexity index is 1140. The number of anilines is 2. The van der Waals surface area contributed by atoms with Crippen molar-refractivity contribution in [1.82, 2.24) is 0 Å². The second-order valence-electron chi connectivity index (χ2n) is 7.07. The lowest BCUT2D eigenvalue weighted by atomic mass is 10.2. The van der Waals surface area contributed by atoms with Crippen LogP contribution in [0.4, 0.5) is 11.4 Å². The van der Waals surface area contributed by atoms with Gasteiger partial charge in [-0.2, -0.15) is 0 Å². The highest BCUT2D eigenvalue weighted by Gasteiger charge is 2.19. The zero-order valence-corrected chi connectivity index (χ0v) is 20.1. The molecule has 0 aliphatic heterocycles. The molecule has 0 aromatic heterocycles. The van der Waals surface area contributed by atoms with Crippen molar-refractivity contribution in [2.24, 2.45) is 0 Å². The van der Waals surface area contributed by atoms with E-state index in [1.54, 1.807) is 55.6 Å². The van der Waals surface area contributed by atoms with Crippen LogP contribution < -0.4 is 20.1 Å². The summed E-state index contributed by atoms with van der Waals surface area (Å²) in [5.41, 5.74) is 1.73. The van der Waals surface area contributed by atoms with Gasteiger partial charge in [-0.1, -0.05) is 30.7 Å². The predicted molar refractivity (Wildman–Crippen MR) is 134 cm³/mol. The fraction of sp³-hybridized carbons (Fsp3) is 0.200. The molecular formula is C25H25ClN2O4S. The fourth-order valence-electron chi connectivity index (χ4n) is 3.10. The van der Waals surface area contributed by atoms with Crippen molar-refractivity contribution in [2.75, 3.05) is 24.9 Å². The van der Waals surface area contributed by atoms with E-state index in [1.165, 1.54) is 18.9 Å². The molecule has 8 heteroatoms. The third-order valence-electron chi connectivity index (χ3n) is 4.77. The van der Waals surface area contributed by atoms with Gasteiger partial charge >= 0.3 is 0 Å². The molecule has 3 aromatic carbocycles. The van der Waals surface area contributed by atoms with Crippen molar-refractivity contribution in [3.05, 3.63) is 77.3 Å². The maximum atomic E-state index is 12.8. The molecule has 6 nitrogen and oxygen atoms in total. The molecule has 0 saturated heterocycles. The largest absolute Gasteiger partial charge is 0.493 e. The van der Waals surface area contributed by atoms with Crippen molar-refractivity contribution in [3.8, 4) is 11.5 Å². The van der Waals surface area contributed by atoms with Crippen molar-refractivity contribution >= 4 is 46.6 Å². The van der Waals surface area contributed by atoms with E-state index in [4.69, 9.17) is 21.1 Å². The molecule has 0 aliphatic carbocycles. The Balaban J connectivity index is 1.68. The normalized spacial score (nSPS) is 11.4. The number of nitrogens with one attached hydrogen (secondary N) is 2. The lowest BCUT2D eigenvalue weighted by Crippen LogP contribution is -2.24. The highest BCUT2D eigenvalue weighted by molar-refractivity contribution is 8.00. The number of amides is 2. The van der Waals surface area contributed by atoms with Crippen LogP contribution in [0.25, 0.3) is 0 Å². The zero-order chi connectivity index (χ0) is 23.8. The number of methoxy groups -OCH3 is 2. The average Bonchev–Trinajstić information content (AvgIpc) is 2.82. The summed E-state index contributed by atoms with van der Waals surface area (Å²) in [6.45, 7) is 1.96. The van der Waals surface area contributed by atoms with Crippen LogP contribution in [0.3, 0.4) is 0 Å². The van der Waals surface area contributed by atoms with E-state index in [-0.39, 0.29) is 17.1 Å². The second-order valence-corrected chi connectivity index (χ2v) is 8.78. The number of rotatable bonds is 9. The smallest absolute Gasteiger partial charge is 0.255 e. The summed E-state index contributed by atoms with van der Waals surface area (Å²) >= 11 is 7.44. The molecular weight excluding hydrogens is 460 g/mol. The van der Waals surface area contributed by atoms with E-state index in [0.717, 1.165) is 4.90 Å². The Kier molecular flexibility index (Phi) is 8.63. The molecule has 33 heavy (non-hydrogen) atoms. The van der Waals surface area contributed by atoms with E-state index in [1.807, 2.05) is 25.1 Å². The Morgan fingerprint density at radius 2 is 1.61 bits per heavy atom. The van der Waals surface area contributed by atoms with Gasteiger partial charge in [0.1, 0.15) is 0 Å². The average molecular weight is 485 g/mol. The van der Waals surface area contributed by atoms with Gasteiger partial charge < -0.3 is 20.1 Å². The van der Waals surface area contributed by atoms with Crippen LogP contribution in [0.5, 0.6) is 11.5 Å². The summed E-state index contributed by atoms with van der Waals surface area (Å²) < 4.78 is 10.5. The first-order valence-electron chi connectivity index (χ1n) is 10.3. The van der Waals surface area contributed by atoms with Crippen LogP contribution >= 0.6 is 23.4 Å². The van der Waals surface area contributed by atoms with Crippen LogP contribution in [0.1, 0.15) is 23.7 Å². The highest BCUT2D eigenvalue weighted by Crippen LogP contribution is 2.30. The third-order valence-corrected chi connectivity index (χ3v) is 6.36. The van der Waals surface area contributed by atoms with E-state index < -0.39 is 0 Å². The van der Waals surface area contributed by atoms with Gasteiger partial charge in [0.15, 0.2) is 11.5 Å². The molecule has 3 aromatic rings. The van der Waals surface area contributed by atoms with Gasteiger partial charge in [-0.3, -0.25) is 9.59 Å². The van der Waals surface area contributed by atoms with Crippen LogP contribution in [0, 0.1) is 0 Å². The van der Waals surface area contributed by atoms with Gasteiger partial charge in [-0.05, 0) is 61.0 Å². The number of halogens is 1. The number of carbonyl (C=O) groups excluding carboxylic acids is 2. The van der Waals surface area contributed by atoms with Crippen LogP contribution in [0.15, 0.2) is 71.6 Å². The Morgan fingerprint density at radius 3 is 2.27 bits per heavy atom. The first-order chi connectivity index (χ1) is 15.9. The zero-order valence-electron chi connectivity index (χ0n) is 18.6. The van der Waals surface area contributed by atoms with Crippen molar-refractivity contribution < 1.29 is 19.1 Å². The second kappa shape index (κ2) is 11.6. The van der Waals surface area contributed by atoms with Crippen molar-refractivity contribution in [3.63, 3.8) is 0 Å². The molecule has 2 amide bonds. The minimum atomic E-state index is -0.305. The molecule has 0 heterocycles. The van der Waals surface area contributed by atoms with Gasteiger partial charge in [0, 0.05) is 26.9 Å². The molecule has 0 bridgehead atoms. The number of ether oxygens (including phenoxy) is 2. The fourth-order valence-corrected chi connectivity index (χ4v) is 4.31. The lowest BCUT2D eigenvalue weighted by molar-refractivity contribution is -0.115. The molecule has 0 radical (unpaired) electrons. The minimum Gasteiger partial charge on any atom is -0.493 e. The van der Waals surface area contributed by atoms with E-state index in [9.17, 15) is 9.59 Å². The third kappa shape index (κ3) is 6.66. The topological polar surface area (TPSA) is 76.7 Å². The molecule has 1 unspecified atom stereocenters. The quantitative estimate of drug-likeness (QED) is 0.358. The molecule has 0 fully saturated rings. The van der Waals surface area contributed by atoms with Gasteiger partial charge in [0.2, 0.25) is 5.91 Å². The van der Waals surface area contributed by atoms with Crippen LogP contribution in [-0.2, 0) is 4.79 Å². The molecule has 0 aliphatic rings. The van der Waals surface area contributed by atoms with E-state index in [2.05, 4.69) is 10.6 Å². The minimum absolute atomic E-state index is 0.107.